The summed E-state index contributed by atoms with van der Waals surface area (Å²) in [5.74, 6) is 1.10. The van der Waals surface area contributed by atoms with Crippen LogP contribution in [-0.4, -0.2) is 17.6 Å². The molecule has 0 saturated heterocycles. The summed E-state index contributed by atoms with van der Waals surface area (Å²) in [4.78, 5) is 0. The van der Waals surface area contributed by atoms with Crippen LogP contribution in [0.25, 0.3) is 0 Å². The summed E-state index contributed by atoms with van der Waals surface area (Å²) < 4.78 is 10.7. The first-order valence-corrected chi connectivity index (χ1v) is 5.31. The average molecular weight is 224 g/mol. The van der Waals surface area contributed by atoms with Gasteiger partial charge in [0.2, 0.25) is 0 Å². The van der Waals surface area contributed by atoms with Crippen molar-refractivity contribution in [2.24, 2.45) is 16.3 Å². The van der Waals surface area contributed by atoms with Crippen molar-refractivity contribution in [1.82, 2.24) is 0 Å². The predicted molar refractivity (Wildman–Crippen MR) is 58.1 cm³/mol. The van der Waals surface area contributed by atoms with E-state index >= 15 is 0 Å². The zero-order chi connectivity index (χ0) is 11.4. The third-order valence-electron chi connectivity index (χ3n) is 2.87. The Bertz CT molecular complexity index is 355. The maximum absolute atomic E-state index is 8.51. The Labute approximate surface area is 93.9 Å². The number of amidine groups is 1. The van der Waals surface area contributed by atoms with Crippen molar-refractivity contribution >= 4 is 5.84 Å². The quantitative estimate of drug-likeness (QED) is 0.333. The molecular formula is C11H16N2O3. The lowest BCUT2D eigenvalue weighted by molar-refractivity contribution is 0.0689. The first-order chi connectivity index (χ1) is 7.74. The second-order valence-corrected chi connectivity index (χ2v) is 4.34. The summed E-state index contributed by atoms with van der Waals surface area (Å²) in [6.07, 6.45) is 4.37. The topological polar surface area (TPSA) is 81.0 Å². The molecule has 0 amide bonds. The molecule has 1 aromatic rings. The van der Waals surface area contributed by atoms with E-state index in [1.807, 2.05) is 12.1 Å². The Morgan fingerprint density at radius 3 is 3.00 bits per heavy atom. The summed E-state index contributed by atoms with van der Waals surface area (Å²) >= 11 is 0. The Hall–Kier alpha value is -1.49. The van der Waals surface area contributed by atoms with Crippen LogP contribution in [0.5, 0.6) is 0 Å². The van der Waals surface area contributed by atoms with Gasteiger partial charge < -0.3 is 20.1 Å². The fourth-order valence-corrected chi connectivity index (χ4v) is 1.73. The minimum Gasteiger partial charge on any atom is -0.467 e. The Morgan fingerprint density at radius 1 is 1.62 bits per heavy atom. The summed E-state index contributed by atoms with van der Waals surface area (Å²) in [6, 6.07) is 3.71. The number of oxime groups is 1. The summed E-state index contributed by atoms with van der Waals surface area (Å²) in [5, 5.41) is 11.5. The van der Waals surface area contributed by atoms with Gasteiger partial charge in [-0.1, -0.05) is 5.16 Å². The molecule has 0 aromatic carbocycles. The lowest BCUT2D eigenvalue weighted by Crippen LogP contribution is -2.21. The lowest BCUT2D eigenvalue weighted by Gasteiger charge is -2.13. The molecule has 2 rings (SSSR count). The molecule has 0 aliphatic heterocycles. The Balaban J connectivity index is 1.73. The average Bonchev–Trinajstić information content (AvgIpc) is 2.83. The standard InChI is InChI=1S/C11H16N2O3/c12-10(13-14)6-11(3-4-11)8-15-7-9-2-1-5-16-9/h1-2,5,14H,3-4,6-8H2,(H2,12,13). The van der Waals surface area contributed by atoms with E-state index in [1.54, 1.807) is 6.26 Å². The van der Waals surface area contributed by atoms with Crippen LogP contribution in [0.2, 0.25) is 0 Å². The van der Waals surface area contributed by atoms with E-state index in [0.29, 0.717) is 19.6 Å². The molecule has 1 aliphatic rings. The van der Waals surface area contributed by atoms with Gasteiger partial charge in [0.05, 0.1) is 12.9 Å². The first kappa shape index (κ1) is 11.0. The van der Waals surface area contributed by atoms with Crippen LogP contribution >= 0.6 is 0 Å². The SMILES string of the molecule is NC(CC1(COCc2ccco2)CC1)=NO. The van der Waals surface area contributed by atoms with Crippen LogP contribution in [0, 0.1) is 5.41 Å². The van der Waals surface area contributed by atoms with Crippen LogP contribution in [0.15, 0.2) is 28.0 Å². The van der Waals surface area contributed by atoms with Gasteiger partial charge in [0.15, 0.2) is 0 Å². The van der Waals surface area contributed by atoms with Crippen molar-refractivity contribution < 1.29 is 14.4 Å². The molecule has 0 atom stereocenters. The minimum atomic E-state index is 0.0862. The van der Waals surface area contributed by atoms with E-state index in [0.717, 1.165) is 18.6 Å². The van der Waals surface area contributed by atoms with Crippen LogP contribution in [-0.2, 0) is 11.3 Å². The molecule has 0 spiro atoms. The fraction of sp³-hybridized carbons (Fsp3) is 0.545. The third-order valence-corrected chi connectivity index (χ3v) is 2.87. The highest BCUT2D eigenvalue weighted by Crippen LogP contribution is 2.49. The summed E-state index contributed by atoms with van der Waals surface area (Å²) in [7, 11) is 0. The van der Waals surface area contributed by atoms with E-state index in [2.05, 4.69) is 5.16 Å². The number of nitrogens with two attached hydrogens (primary N) is 1. The van der Waals surface area contributed by atoms with Crippen LogP contribution in [0.4, 0.5) is 0 Å². The molecule has 1 fully saturated rings. The van der Waals surface area contributed by atoms with E-state index in [9.17, 15) is 0 Å². The predicted octanol–water partition coefficient (Wildman–Crippen LogP) is 1.71. The maximum Gasteiger partial charge on any atom is 0.139 e. The van der Waals surface area contributed by atoms with Gasteiger partial charge in [0.25, 0.3) is 0 Å². The van der Waals surface area contributed by atoms with Crippen molar-refractivity contribution in [3.8, 4) is 0 Å². The van der Waals surface area contributed by atoms with Crippen molar-refractivity contribution in [1.29, 1.82) is 0 Å². The fourth-order valence-electron chi connectivity index (χ4n) is 1.73. The molecule has 3 N–H and O–H groups in total. The second kappa shape index (κ2) is 4.57. The number of hydrogen-bond acceptors (Lipinski definition) is 4. The highest BCUT2D eigenvalue weighted by atomic mass is 16.5. The highest BCUT2D eigenvalue weighted by Gasteiger charge is 2.43. The number of ether oxygens (including phenoxy) is 1. The van der Waals surface area contributed by atoms with Crippen LogP contribution < -0.4 is 5.73 Å². The van der Waals surface area contributed by atoms with E-state index in [4.69, 9.17) is 20.1 Å². The highest BCUT2D eigenvalue weighted by molar-refractivity contribution is 5.80. The molecule has 1 aromatic heterocycles. The van der Waals surface area contributed by atoms with Crippen molar-refractivity contribution in [3.05, 3.63) is 24.2 Å². The zero-order valence-corrected chi connectivity index (χ0v) is 9.06. The van der Waals surface area contributed by atoms with Gasteiger partial charge in [-0.2, -0.15) is 0 Å². The van der Waals surface area contributed by atoms with E-state index in [-0.39, 0.29) is 11.3 Å². The van der Waals surface area contributed by atoms with Crippen LogP contribution in [0.3, 0.4) is 0 Å². The van der Waals surface area contributed by atoms with Crippen molar-refractivity contribution in [3.63, 3.8) is 0 Å². The van der Waals surface area contributed by atoms with Crippen LogP contribution in [0.1, 0.15) is 25.0 Å². The maximum atomic E-state index is 8.51. The molecule has 1 heterocycles. The normalized spacial score (nSPS) is 18.6. The Kier molecular flexibility index (Phi) is 3.14. The van der Waals surface area contributed by atoms with Gasteiger partial charge in [-0.3, -0.25) is 0 Å². The largest absolute Gasteiger partial charge is 0.467 e. The zero-order valence-electron chi connectivity index (χ0n) is 9.06. The molecule has 5 heteroatoms. The van der Waals surface area contributed by atoms with Gasteiger partial charge in [-0.25, -0.2) is 0 Å². The van der Waals surface area contributed by atoms with Crippen molar-refractivity contribution in [2.45, 2.75) is 25.9 Å². The van der Waals surface area contributed by atoms with Gasteiger partial charge in [0.1, 0.15) is 18.2 Å². The van der Waals surface area contributed by atoms with Gasteiger partial charge >= 0.3 is 0 Å². The molecule has 88 valence electrons. The Morgan fingerprint density at radius 2 is 2.44 bits per heavy atom. The molecule has 5 nitrogen and oxygen atoms in total. The number of furan rings is 1. The molecule has 1 saturated carbocycles. The number of rotatable bonds is 6. The molecule has 1 aliphatic carbocycles. The summed E-state index contributed by atoms with van der Waals surface area (Å²) in [5.41, 5.74) is 5.58. The molecule has 0 unspecified atom stereocenters. The number of hydrogen-bond donors (Lipinski definition) is 2. The van der Waals surface area contributed by atoms with Gasteiger partial charge in [0, 0.05) is 11.8 Å². The molecule has 16 heavy (non-hydrogen) atoms. The monoisotopic (exact) mass is 224 g/mol. The smallest absolute Gasteiger partial charge is 0.139 e. The third kappa shape index (κ3) is 2.76. The lowest BCUT2D eigenvalue weighted by atomic mass is 10.0. The number of nitrogens with zero attached hydrogens (tertiary/aromatic N) is 1. The van der Waals surface area contributed by atoms with E-state index < -0.39 is 0 Å². The minimum absolute atomic E-state index is 0.0862. The van der Waals surface area contributed by atoms with Crippen molar-refractivity contribution in [2.75, 3.05) is 6.61 Å². The molecule has 0 bridgehead atoms. The van der Waals surface area contributed by atoms with E-state index in [1.165, 1.54) is 0 Å². The molecular weight excluding hydrogens is 208 g/mol. The second-order valence-electron chi connectivity index (χ2n) is 4.34. The first-order valence-electron chi connectivity index (χ1n) is 5.31. The summed E-state index contributed by atoms with van der Waals surface area (Å²) in [6.45, 7) is 1.11. The van der Waals surface area contributed by atoms with Gasteiger partial charge in [-0.15, -0.1) is 0 Å². The molecule has 0 radical (unpaired) electrons. The van der Waals surface area contributed by atoms with Gasteiger partial charge in [-0.05, 0) is 25.0 Å².